The normalized spacial score (nSPS) is 19.3. The summed E-state index contributed by atoms with van der Waals surface area (Å²) in [5.74, 6) is -0.649. The Labute approximate surface area is 124 Å². The Kier molecular flexibility index (Phi) is 4.39. The molecule has 0 atom stereocenters. The minimum atomic E-state index is -0.540. The SMILES string of the molecule is CC(C)(C)OC(=O)N1CC(C(=O)NNC(=O)C2CCC2)C1. The molecular weight excluding hydrogens is 274 g/mol. The highest BCUT2D eigenvalue weighted by molar-refractivity contribution is 5.86. The zero-order valence-electron chi connectivity index (χ0n) is 12.8. The first kappa shape index (κ1) is 15.6. The lowest BCUT2D eigenvalue weighted by atomic mass is 9.85. The summed E-state index contributed by atoms with van der Waals surface area (Å²) in [7, 11) is 0. The zero-order valence-corrected chi connectivity index (χ0v) is 12.8. The maximum Gasteiger partial charge on any atom is 0.410 e. The Balaban J connectivity index is 1.65. The van der Waals surface area contributed by atoms with Crippen LogP contribution in [0.15, 0.2) is 0 Å². The second-order valence-corrected chi connectivity index (χ2v) is 6.69. The largest absolute Gasteiger partial charge is 0.444 e. The van der Waals surface area contributed by atoms with Crippen LogP contribution in [0.25, 0.3) is 0 Å². The van der Waals surface area contributed by atoms with Crippen LogP contribution in [0.1, 0.15) is 40.0 Å². The minimum Gasteiger partial charge on any atom is -0.444 e. The fourth-order valence-corrected chi connectivity index (χ4v) is 2.12. The van der Waals surface area contributed by atoms with E-state index in [1.807, 2.05) is 0 Å². The average molecular weight is 297 g/mol. The van der Waals surface area contributed by atoms with Gasteiger partial charge in [0.2, 0.25) is 11.8 Å². The number of likely N-dealkylation sites (tertiary alicyclic amines) is 1. The van der Waals surface area contributed by atoms with Gasteiger partial charge in [0, 0.05) is 19.0 Å². The molecule has 2 rings (SSSR count). The van der Waals surface area contributed by atoms with E-state index in [0.29, 0.717) is 13.1 Å². The summed E-state index contributed by atoms with van der Waals surface area (Å²) >= 11 is 0. The second kappa shape index (κ2) is 5.91. The smallest absolute Gasteiger partial charge is 0.410 e. The van der Waals surface area contributed by atoms with E-state index in [4.69, 9.17) is 4.74 Å². The van der Waals surface area contributed by atoms with Crippen molar-refractivity contribution in [2.75, 3.05) is 13.1 Å². The Morgan fingerprint density at radius 2 is 1.52 bits per heavy atom. The van der Waals surface area contributed by atoms with Crippen LogP contribution in [-0.4, -0.2) is 41.5 Å². The summed E-state index contributed by atoms with van der Waals surface area (Å²) in [6.07, 6.45) is 2.43. The van der Waals surface area contributed by atoms with Gasteiger partial charge in [-0.3, -0.25) is 20.4 Å². The van der Waals surface area contributed by atoms with Crippen molar-refractivity contribution in [2.24, 2.45) is 11.8 Å². The molecule has 1 saturated heterocycles. The number of ether oxygens (including phenoxy) is 1. The molecule has 0 radical (unpaired) electrons. The lowest BCUT2D eigenvalue weighted by Gasteiger charge is -2.38. The molecule has 2 N–H and O–H groups in total. The summed E-state index contributed by atoms with van der Waals surface area (Å²) in [5, 5.41) is 0. The predicted octanol–water partition coefficient (Wildman–Crippen LogP) is 0.801. The van der Waals surface area contributed by atoms with E-state index in [2.05, 4.69) is 10.9 Å². The Morgan fingerprint density at radius 1 is 1.00 bits per heavy atom. The van der Waals surface area contributed by atoms with E-state index in [1.165, 1.54) is 4.90 Å². The quantitative estimate of drug-likeness (QED) is 0.738. The highest BCUT2D eigenvalue weighted by atomic mass is 16.6. The van der Waals surface area contributed by atoms with E-state index < -0.39 is 11.7 Å². The van der Waals surface area contributed by atoms with Crippen LogP contribution in [0, 0.1) is 11.8 Å². The summed E-state index contributed by atoms with van der Waals surface area (Å²) in [6.45, 7) is 6.03. The highest BCUT2D eigenvalue weighted by Crippen LogP contribution is 2.26. The van der Waals surface area contributed by atoms with Gasteiger partial charge in [-0.2, -0.15) is 0 Å². The molecule has 0 spiro atoms. The Morgan fingerprint density at radius 3 is 1.95 bits per heavy atom. The number of rotatable bonds is 2. The van der Waals surface area contributed by atoms with E-state index >= 15 is 0 Å². The van der Waals surface area contributed by atoms with Crippen LogP contribution < -0.4 is 10.9 Å². The van der Waals surface area contributed by atoms with Gasteiger partial charge in [-0.25, -0.2) is 4.79 Å². The molecule has 1 heterocycles. The highest BCUT2D eigenvalue weighted by Gasteiger charge is 2.38. The van der Waals surface area contributed by atoms with Crippen molar-refractivity contribution in [3.63, 3.8) is 0 Å². The maximum atomic E-state index is 11.8. The zero-order chi connectivity index (χ0) is 15.6. The van der Waals surface area contributed by atoms with E-state index in [1.54, 1.807) is 20.8 Å². The molecule has 1 saturated carbocycles. The minimum absolute atomic E-state index is 0.0324. The van der Waals surface area contributed by atoms with Gasteiger partial charge in [-0.15, -0.1) is 0 Å². The first-order chi connectivity index (χ1) is 9.76. The molecule has 21 heavy (non-hydrogen) atoms. The van der Waals surface area contributed by atoms with Gasteiger partial charge < -0.3 is 9.64 Å². The fourth-order valence-electron chi connectivity index (χ4n) is 2.12. The molecule has 0 bridgehead atoms. The van der Waals surface area contributed by atoms with Crippen LogP contribution in [0.4, 0.5) is 4.79 Å². The molecule has 1 aliphatic heterocycles. The molecule has 0 aromatic heterocycles. The first-order valence-electron chi connectivity index (χ1n) is 7.34. The molecule has 0 aromatic rings. The lowest BCUT2D eigenvalue weighted by molar-refractivity contribution is -0.137. The summed E-state index contributed by atoms with van der Waals surface area (Å²) < 4.78 is 5.21. The third-order valence-electron chi connectivity index (χ3n) is 3.69. The number of hydrogen-bond acceptors (Lipinski definition) is 4. The molecule has 0 aromatic carbocycles. The molecule has 3 amide bonds. The predicted molar refractivity (Wildman–Crippen MR) is 74.9 cm³/mol. The van der Waals surface area contributed by atoms with Gasteiger partial charge in [-0.05, 0) is 33.6 Å². The number of nitrogens with zero attached hydrogens (tertiary/aromatic N) is 1. The number of hydrogen-bond donors (Lipinski definition) is 2. The molecule has 7 heteroatoms. The topological polar surface area (TPSA) is 87.7 Å². The van der Waals surface area contributed by atoms with Gasteiger partial charge >= 0.3 is 6.09 Å². The van der Waals surface area contributed by atoms with Crippen LogP contribution in [0.3, 0.4) is 0 Å². The molecule has 2 aliphatic rings. The summed E-state index contributed by atoms with van der Waals surface area (Å²) in [4.78, 5) is 36.6. The summed E-state index contributed by atoms with van der Waals surface area (Å²) in [6, 6.07) is 0. The van der Waals surface area contributed by atoms with Crippen molar-refractivity contribution >= 4 is 17.9 Å². The van der Waals surface area contributed by atoms with Gasteiger partial charge in [0.05, 0.1) is 5.92 Å². The number of hydrazine groups is 1. The van der Waals surface area contributed by atoms with Gasteiger partial charge in [-0.1, -0.05) is 6.42 Å². The number of nitrogens with one attached hydrogen (secondary N) is 2. The van der Waals surface area contributed by atoms with E-state index in [0.717, 1.165) is 19.3 Å². The second-order valence-electron chi connectivity index (χ2n) is 6.69. The first-order valence-corrected chi connectivity index (χ1v) is 7.34. The van der Waals surface area contributed by atoms with Crippen LogP contribution in [0.5, 0.6) is 0 Å². The molecular formula is C14H23N3O4. The van der Waals surface area contributed by atoms with Crippen molar-refractivity contribution in [2.45, 2.75) is 45.6 Å². The fraction of sp³-hybridized carbons (Fsp3) is 0.786. The number of carbonyl (C=O) groups excluding carboxylic acids is 3. The van der Waals surface area contributed by atoms with Crippen molar-refractivity contribution < 1.29 is 19.1 Å². The summed E-state index contributed by atoms with van der Waals surface area (Å²) in [5.41, 5.74) is 4.33. The van der Waals surface area contributed by atoms with Crippen molar-refractivity contribution in [1.82, 2.24) is 15.8 Å². The third kappa shape index (κ3) is 4.09. The van der Waals surface area contributed by atoms with Crippen molar-refractivity contribution in [3.05, 3.63) is 0 Å². The third-order valence-corrected chi connectivity index (χ3v) is 3.69. The molecule has 7 nitrogen and oxygen atoms in total. The van der Waals surface area contributed by atoms with Crippen LogP contribution in [-0.2, 0) is 14.3 Å². The van der Waals surface area contributed by atoms with E-state index in [-0.39, 0.29) is 23.7 Å². The molecule has 0 unspecified atom stereocenters. The van der Waals surface area contributed by atoms with Gasteiger partial charge in [0.15, 0.2) is 0 Å². The molecule has 118 valence electrons. The van der Waals surface area contributed by atoms with Gasteiger partial charge in [0.1, 0.15) is 5.60 Å². The number of amides is 3. The number of carbonyl (C=O) groups is 3. The Hall–Kier alpha value is -1.79. The Bertz CT molecular complexity index is 434. The van der Waals surface area contributed by atoms with Crippen LogP contribution >= 0.6 is 0 Å². The monoisotopic (exact) mass is 297 g/mol. The van der Waals surface area contributed by atoms with E-state index in [9.17, 15) is 14.4 Å². The maximum absolute atomic E-state index is 11.8. The van der Waals surface area contributed by atoms with Crippen LogP contribution in [0.2, 0.25) is 0 Å². The molecule has 1 aliphatic carbocycles. The molecule has 2 fully saturated rings. The van der Waals surface area contributed by atoms with Gasteiger partial charge in [0.25, 0.3) is 0 Å². The van der Waals surface area contributed by atoms with Crippen molar-refractivity contribution in [1.29, 1.82) is 0 Å². The average Bonchev–Trinajstić information content (AvgIpc) is 2.18. The van der Waals surface area contributed by atoms with Crippen molar-refractivity contribution in [3.8, 4) is 0 Å². The lowest BCUT2D eigenvalue weighted by Crippen LogP contribution is -2.59. The standard InChI is InChI=1S/C14H23N3O4/c1-14(2,3)21-13(20)17-7-10(8-17)12(19)16-15-11(18)9-5-4-6-9/h9-10H,4-8H2,1-3H3,(H,15,18)(H,16,19).